The van der Waals surface area contributed by atoms with Gasteiger partial charge in [0.25, 0.3) is 0 Å². The number of pyridine rings is 1. The Kier molecular flexibility index (Phi) is 5.64. The molecule has 0 unspecified atom stereocenters. The van der Waals surface area contributed by atoms with E-state index in [0.29, 0.717) is 17.2 Å². The van der Waals surface area contributed by atoms with Crippen molar-refractivity contribution < 1.29 is 14.7 Å². The van der Waals surface area contributed by atoms with Gasteiger partial charge in [0, 0.05) is 39.5 Å². The molecule has 4 heterocycles. The highest BCUT2D eigenvalue weighted by Gasteiger charge is 2.32. The summed E-state index contributed by atoms with van der Waals surface area (Å²) in [6.07, 6.45) is 3.11. The zero-order valence-electron chi connectivity index (χ0n) is 19.7. The van der Waals surface area contributed by atoms with E-state index in [1.807, 2.05) is 41.8 Å². The van der Waals surface area contributed by atoms with Crippen LogP contribution in [0.2, 0.25) is 0 Å². The number of thiophene rings is 1. The van der Waals surface area contributed by atoms with Crippen LogP contribution in [0.1, 0.15) is 63.0 Å². The molecule has 1 aliphatic heterocycles. The van der Waals surface area contributed by atoms with E-state index < -0.39 is 12.0 Å². The highest BCUT2D eigenvalue weighted by molar-refractivity contribution is 7.15. The van der Waals surface area contributed by atoms with E-state index in [0.717, 1.165) is 43.4 Å². The number of nitrogens with zero attached hydrogens (tertiary/aromatic N) is 5. The molecule has 3 aromatic heterocycles. The summed E-state index contributed by atoms with van der Waals surface area (Å²) in [5.74, 6) is 0.247. The maximum absolute atomic E-state index is 11.8. The molecule has 9 heteroatoms. The topological polar surface area (TPSA) is 110 Å². The molecule has 1 N–H and O–H groups in total. The first-order valence-electron chi connectivity index (χ1n) is 11.1. The fourth-order valence-electron chi connectivity index (χ4n) is 4.30. The summed E-state index contributed by atoms with van der Waals surface area (Å²) in [7, 11) is 0. The highest BCUT2D eigenvalue weighted by Crippen LogP contribution is 2.39. The van der Waals surface area contributed by atoms with Gasteiger partial charge in [0.05, 0.1) is 12.1 Å². The molecule has 35 heavy (non-hydrogen) atoms. The van der Waals surface area contributed by atoms with Gasteiger partial charge in [-0.05, 0) is 44.9 Å². The van der Waals surface area contributed by atoms with E-state index in [2.05, 4.69) is 29.0 Å². The van der Waals surface area contributed by atoms with Crippen molar-refractivity contribution in [2.45, 2.75) is 40.2 Å². The summed E-state index contributed by atoms with van der Waals surface area (Å²) in [4.78, 5) is 33.8. The molecule has 8 nitrogen and oxygen atoms in total. The summed E-state index contributed by atoms with van der Waals surface area (Å²) in [6, 6.07) is 9.05. The Hall–Kier alpha value is -3.98. The monoisotopic (exact) mass is 485 g/mol. The molecule has 0 bridgehead atoms. The third-order valence-electron chi connectivity index (χ3n) is 6.24. The third-order valence-corrected chi connectivity index (χ3v) is 7.44. The van der Waals surface area contributed by atoms with Crippen LogP contribution < -0.4 is 0 Å². The van der Waals surface area contributed by atoms with Gasteiger partial charge in [0.2, 0.25) is 0 Å². The average molecular weight is 486 g/mol. The summed E-state index contributed by atoms with van der Waals surface area (Å²) >= 11 is 1.63. The predicted octanol–water partition coefficient (Wildman–Crippen LogP) is 4.89. The largest absolute Gasteiger partial charge is 0.481 e. The summed E-state index contributed by atoms with van der Waals surface area (Å²) in [5.41, 5.74) is 6.01. The number of carbonyl (C=O) groups excluding carboxylic acids is 1. The number of benzene rings is 1. The van der Waals surface area contributed by atoms with Gasteiger partial charge in [-0.3, -0.25) is 24.1 Å². The third kappa shape index (κ3) is 3.97. The molecule has 4 aromatic rings. The van der Waals surface area contributed by atoms with Gasteiger partial charge >= 0.3 is 5.97 Å². The Labute approximate surface area is 206 Å². The second kappa shape index (κ2) is 8.66. The van der Waals surface area contributed by atoms with Crippen molar-refractivity contribution in [1.29, 1.82) is 0 Å². The van der Waals surface area contributed by atoms with Crippen molar-refractivity contribution in [3.63, 3.8) is 0 Å². The Balaban J connectivity index is 1.66. The molecule has 0 saturated heterocycles. The first-order valence-corrected chi connectivity index (χ1v) is 11.9. The van der Waals surface area contributed by atoms with Gasteiger partial charge in [0.15, 0.2) is 11.6 Å². The van der Waals surface area contributed by atoms with Crippen LogP contribution in [0, 0.1) is 20.8 Å². The molecule has 5 rings (SSSR count). The molecule has 1 aromatic carbocycles. The van der Waals surface area contributed by atoms with Crippen molar-refractivity contribution in [2.24, 2.45) is 4.99 Å². The van der Waals surface area contributed by atoms with Crippen LogP contribution >= 0.6 is 11.3 Å². The van der Waals surface area contributed by atoms with Crippen molar-refractivity contribution >= 4 is 28.8 Å². The standard InChI is InChI=1S/C26H23N5O3S/c1-13-15(3)35-26-23(13)24(28-21(10-22(33)34)25-30-29-16(4)31(25)26)18-7-5-17(6-8-18)20-9-19(14(2)32)11-27-12-20/h5-9,11-12,21H,10H2,1-4H3,(H,33,34)/t21-/m0/s1. The lowest BCUT2D eigenvalue weighted by Gasteiger charge is -2.11. The molecule has 1 aliphatic rings. The number of carboxylic acids is 1. The zero-order valence-corrected chi connectivity index (χ0v) is 20.6. The van der Waals surface area contributed by atoms with Gasteiger partial charge in [-0.15, -0.1) is 21.5 Å². The lowest BCUT2D eigenvalue weighted by Crippen LogP contribution is -2.10. The maximum atomic E-state index is 11.8. The first-order chi connectivity index (χ1) is 16.7. The van der Waals surface area contributed by atoms with E-state index in [9.17, 15) is 14.7 Å². The fraction of sp³-hybridized carbons (Fsp3) is 0.231. The molecule has 0 aliphatic carbocycles. The summed E-state index contributed by atoms with van der Waals surface area (Å²) in [6.45, 7) is 7.51. The molecule has 0 radical (unpaired) electrons. The SMILES string of the molecule is CC(=O)c1cncc(-c2ccc(C3=N[C@@H](CC(=O)O)c4nnc(C)n4-c4sc(C)c(C)c43)cc2)c1. The number of aromatic nitrogens is 4. The lowest BCUT2D eigenvalue weighted by molar-refractivity contribution is -0.137. The van der Waals surface area contributed by atoms with Crippen LogP contribution in [0.5, 0.6) is 0 Å². The minimum Gasteiger partial charge on any atom is -0.481 e. The molecule has 1 atom stereocenters. The molecule has 0 amide bonds. The number of hydrogen-bond donors (Lipinski definition) is 1. The van der Waals surface area contributed by atoms with Crippen LogP contribution in [0.4, 0.5) is 0 Å². The minimum atomic E-state index is -0.948. The summed E-state index contributed by atoms with van der Waals surface area (Å²) in [5, 5.41) is 19.1. The fourth-order valence-corrected chi connectivity index (χ4v) is 5.51. The number of aliphatic imine (C=N–C) groups is 1. The molecular formula is C26H23N5O3S. The highest BCUT2D eigenvalue weighted by atomic mass is 32.1. The quantitative estimate of drug-likeness (QED) is 0.403. The Bertz CT molecular complexity index is 1510. The molecular weight excluding hydrogens is 462 g/mol. The van der Waals surface area contributed by atoms with Gasteiger partial charge in [-0.1, -0.05) is 24.3 Å². The molecule has 0 spiro atoms. The van der Waals surface area contributed by atoms with E-state index in [4.69, 9.17) is 4.99 Å². The Morgan fingerprint density at radius 1 is 1.03 bits per heavy atom. The van der Waals surface area contributed by atoms with Crippen LogP contribution in [0.25, 0.3) is 16.1 Å². The van der Waals surface area contributed by atoms with Crippen molar-refractivity contribution in [1.82, 2.24) is 19.7 Å². The van der Waals surface area contributed by atoms with Crippen LogP contribution in [0.3, 0.4) is 0 Å². The second-order valence-corrected chi connectivity index (χ2v) is 9.79. The van der Waals surface area contributed by atoms with E-state index in [1.165, 1.54) is 6.92 Å². The van der Waals surface area contributed by atoms with Gasteiger partial charge in [-0.25, -0.2) is 0 Å². The van der Waals surface area contributed by atoms with Gasteiger partial charge in [-0.2, -0.15) is 0 Å². The van der Waals surface area contributed by atoms with Gasteiger partial charge in [0.1, 0.15) is 16.9 Å². The van der Waals surface area contributed by atoms with Crippen LogP contribution in [-0.4, -0.2) is 42.3 Å². The maximum Gasteiger partial charge on any atom is 0.306 e. The van der Waals surface area contributed by atoms with Crippen molar-refractivity contribution in [3.05, 3.63) is 81.5 Å². The number of carbonyl (C=O) groups is 2. The van der Waals surface area contributed by atoms with E-state index in [1.54, 1.807) is 23.7 Å². The smallest absolute Gasteiger partial charge is 0.306 e. The average Bonchev–Trinajstić information content (AvgIpc) is 3.31. The lowest BCUT2D eigenvalue weighted by atomic mass is 9.97. The predicted molar refractivity (Wildman–Crippen MR) is 134 cm³/mol. The van der Waals surface area contributed by atoms with Crippen molar-refractivity contribution in [2.75, 3.05) is 0 Å². The molecule has 0 fully saturated rings. The number of ketones is 1. The minimum absolute atomic E-state index is 0.0358. The van der Waals surface area contributed by atoms with Gasteiger partial charge < -0.3 is 5.11 Å². The number of aryl methyl sites for hydroxylation is 2. The first kappa shape index (κ1) is 22.8. The summed E-state index contributed by atoms with van der Waals surface area (Å²) < 4.78 is 1.94. The molecule has 176 valence electrons. The number of Topliss-reactive ketones (excluding diaryl/α,β-unsaturated/α-hetero) is 1. The number of aliphatic carboxylic acids is 1. The van der Waals surface area contributed by atoms with Crippen LogP contribution in [-0.2, 0) is 4.79 Å². The Morgan fingerprint density at radius 3 is 2.43 bits per heavy atom. The molecule has 0 saturated carbocycles. The van der Waals surface area contributed by atoms with E-state index >= 15 is 0 Å². The number of hydrogen-bond acceptors (Lipinski definition) is 7. The zero-order chi connectivity index (χ0) is 24.9. The van der Waals surface area contributed by atoms with E-state index in [-0.39, 0.29) is 12.2 Å². The second-order valence-electron chi connectivity index (χ2n) is 8.59. The number of rotatable bonds is 5. The normalized spacial score (nSPS) is 14.6. The number of carboxylic acid groups (broad SMARTS) is 1. The number of fused-ring (bicyclic) bond motifs is 3. The Morgan fingerprint density at radius 2 is 1.74 bits per heavy atom. The van der Waals surface area contributed by atoms with Crippen molar-refractivity contribution in [3.8, 4) is 16.1 Å². The van der Waals surface area contributed by atoms with Crippen LogP contribution in [0.15, 0.2) is 47.7 Å².